The van der Waals surface area contributed by atoms with E-state index in [1.54, 1.807) is 19.2 Å². The van der Waals surface area contributed by atoms with Crippen LogP contribution in [-0.2, 0) is 6.54 Å². The van der Waals surface area contributed by atoms with Crippen LogP contribution in [0.15, 0.2) is 40.8 Å². The normalized spacial score (nSPS) is 10.1. The van der Waals surface area contributed by atoms with Crippen LogP contribution in [0.1, 0.15) is 26.7 Å². The summed E-state index contributed by atoms with van der Waals surface area (Å²) < 4.78 is 9.93. The molecule has 20 heavy (non-hydrogen) atoms. The number of furan rings is 1. The molecule has 0 atom stereocenters. The molecule has 1 aromatic carbocycles. The predicted molar refractivity (Wildman–Crippen MR) is 69.8 cm³/mol. The number of carbonyl (C=O) groups is 2. The molecule has 0 aliphatic rings. The molecule has 6 heteroatoms. The maximum absolute atomic E-state index is 11.8. The van der Waals surface area contributed by atoms with E-state index in [2.05, 4.69) is 5.32 Å². The number of carboxylic acid groups (broad SMARTS) is 1. The molecule has 1 amide bonds. The summed E-state index contributed by atoms with van der Waals surface area (Å²) in [5, 5.41) is 11.3. The van der Waals surface area contributed by atoms with Crippen molar-refractivity contribution in [2.45, 2.75) is 6.54 Å². The molecule has 2 aromatic rings. The molecule has 0 saturated carbocycles. The molecule has 1 heterocycles. The smallest absolute Gasteiger partial charge is 0.371 e. The van der Waals surface area contributed by atoms with Gasteiger partial charge in [0.15, 0.2) is 5.76 Å². The SMILES string of the molecule is COc1ccc(CNC(=O)c2ccc(C(=O)O)o2)cc1. The number of nitrogens with one attached hydrogen (secondary N) is 1. The zero-order valence-electron chi connectivity index (χ0n) is 10.8. The number of aromatic carboxylic acids is 1. The molecule has 0 fully saturated rings. The zero-order chi connectivity index (χ0) is 14.5. The Bertz CT molecular complexity index is 615. The number of hydrogen-bond acceptors (Lipinski definition) is 4. The minimum absolute atomic E-state index is 0.0316. The maximum atomic E-state index is 11.8. The Hall–Kier alpha value is -2.76. The number of carbonyl (C=O) groups excluding carboxylic acids is 1. The molecule has 1 aromatic heterocycles. The van der Waals surface area contributed by atoms with E-state index < -0.39 is 11.9 Å². The zero-order valence-corrected chi connectivity index (χ0v) is 10.8. The number of amides is 1. The van der Waals surface area contributed by atoms with E-state index in [9.17, 15) is 9.59 Å². The van der Waals surface area contributed by atoms with Gasteiger partial charge in [-0.2, -0.15) is 0 Å². The average molecular weight is 275 g/mol. The number of hydrogen-bond donors (Lipinski definition) is 2. The van der Waals surface area contributed by atoms with E-state index in [-0.39, 0.29) is 11.5 Å². The van der Waals surface area contributed by atoms with Gasteiger partial charge in [0.1, 0.15) is 5.75 Å². The second kappa shape index (κ2) is 5.92. The first-order chi connectivity index (χ1) is 9.60. The van der Waals surface area contributed by atoms with E-state index >= 15 is 0 Å². The van der Waals surface area contributed by atoms with Crippen molar-refractivity contribution >= 4 is 11.9 Å². The molecular formula is C14H13NO5. The van der Waals surface area contributed by atoms with Crippen LogP contribution in [0.25, 0.3) is 0 Å². The Kier molecular flexibility index (Phi) is 4.05. The first-order valence-electron chi connectivity index (χ1n) is 5.84. The highest BCUT2D eigenvalue weighted by Crippen LogP contribution is 2.12. The molecule has 104 valence electrons. The van der Waals surface area contributed by atoms with Crippen LogP contribution in [-0.4, -0.2) is 24.1 Å². The summed E-state index contributed by atoms with van der Waals surface area (Å²) in [7, 11) is 1.58. The Labute approximate surface area is 115 Å². The Balaban J connectivity index is 1.95. The second-order valence-corrected chi connectivity index (χ2v) is 4.00. The summed E-state index contributed by atoms with van der Waals surface area (Å²) in [6.45, 7) is 0.311. The van der Waals surface area contributed by atoms with Crippen molar-refractivity contribution < 1.29 is 23.8 Å². The van der Waals surface area contributed by atoms with Crippen molar-refractivity contribution in [3.63, 3.8) is 0 Å². The summed E-state index contributed by atoms with van der Waals surface area (Å²) in [6, 6.07) is 9.79. The van der Waals surface area contributed by atoms with Crippen molar-refractivity contribution in [1.82, 2.24) is 5.32 Å². The average Bonchev–Trinajstić information content (AvgIpc) is 2.95. The van der Waals surface area contributed by atoms with Crippen LogP contribution >= 0.6 is 0 Å². The van der Waals surface area contributed by atoms with E-state index in [1.807, 2.05) is 12.1 Å². The number of methoxy groups -OCH3 is 1. The molecule has 0 radical (unpaired) electrons. The number of ether oxygens (including phenoxy) is 1. The highest BCUT2D eigenvalue weighted by atomic mass is 16.5. The summed E-state index contributed by atoms with van der Waals surface area (Å²) in [5.41, 5.74) is 0.893. The Morgan fingerprint density at radius 2 is 1.80 bits per heavy atom. The molecule has 0 saturated heterocycles. The Morgan fingerprint density at radius 1 is 1.15 bits per heavy atom. The lowest BCUT2D eigenvalue weighted by Crippen LogP contribution is -2.22. The van der Waals surface area contributed by atoms with Gasteiger partial charge in [0.2, 0.25) is 5.76 Å². The molecule has 0 bridgehead atoms. The van der Waals surface area contributed by atoms with Crippen LogP contribution in [0.2, 0.25) is 0 Å². The Morgan fingerprint density at radius 3 is 2.35 bits per heavy atom. The summed E-state index contributed by atoms with van der Waals surface area (Å²) >= 11 is 0. The van der Waals surface area contributed by atoms with Gasteiger partial charge in [0, 0.05) is 6.54 Å². The van der Waals surface area contributed by atoms with Gasteiger partial charge in [-0.05, 0) is 29.8 Å². The monoisotopic (exact) mass is 275 g/mol. The van der Waals surface area contributed by atoms with Gasteiger partial charge < -0.3 is 19.6 Å². The van der Waals surface area contributed by atoms with Gasteiger partial charge in [0.05, 0.1) is 7.11 Å². The van der Waals surface area contributed by atoms with E-state index in [4.69, 9.17) is 14.3 Å². The van der Waals surface area contributed by atoms with Gasteiger partial charge in [-0.3, -0.25) is 4.79 Å². The van der Waals surface area contributed by atoms with Gasteiger partial charge in [0.25, 0.3) is 5.91 Å². The third-order valence-electron chi connectivity index (χ3n) is 2.65. The first-order valence-corrected chi connectivity index (χ1v) is 5.84. The van der Waals surface area contributed by atoms with E-state index in [0.717, 1.165) is 11.3 Å². The molecule has 2 rings (SSSR count). The highest BCUT2D eigenvalue weighted by molar-refractivity contribution is 5.93. The minimum atomic E-state index is -1.21. The van der Waals surface area contributed by atoms with Crippen molar-refractivity contribution in [3.8, 4) is 5.75 Å². The lowest BCUT2D eigenvalue weighted by atomic mass is 10.2. The lowest BCUT2D eigenvalue weighted by molar-refractivity contribution is 0.0659. The second-order valence-electron chi connectivity index (χ2n) is 4.00. The van der Waals surface area contributed by atoms with Crippen molar-refractivity contribution in [1.29, 1.82) is 0 Å². The van der Waals surface area contributed by atoms with Gasteiger partial charge in [-0.15, -0.1) is 0 Å². The third kappa shape index (κ3) is 3.17. The summed E-state index contributed by atoms with van der Waals surface area (Å²) in [4.78, 5) is 22.4. The number of rotatable bonds is 5. The summed E-state index contributed by atoms with van der Waals surface area (Å²) in [5.74, 6) is -1.24. The van der Waals surface area contributed by atoms with Crippen molar-refractivity contribution in [3.05, 3.63) is 53.5 Å². The van der Waals surface area contributed by atoms with E-state index in [1.165, 1.54) is 12.1 Å². The van der Waals surface area contributed by atoms with Gasteiger partial charge in [-0.1, -0.05) is 12.1 Å². The number of benzene rings is 1. The lowest BCUT2D eigenvalue weighted by Gasteiger charge is -2.04. The fraction of sp³-hybridized carbons (Fsp3) is 0.143. The van der Waals surface area contributed by atoms with Crippen LogP contribution in [0.4, 0.5) is 0 Å². The quantitative estimate of drug-likeness (QED) is 0.870. The van der Waals surface area contributed by atoms with Crippen LogP contribution in [0.5, 0.6) is 5.75 Å². The summed E-state index contributed by atoms with van der Waals surface area (Å²) in [6.07, 6.45) is 0. The molecule has 2 N–H and O–H groups in total. The fourth-order valence-electron chi connectivity index (χ4n) is 1.59. The first kappa shape index (κ1) is 13.7. The van der Waals surface area contributed by atoms with Crippen LogP contribution < -0.4 is 10.1 Å². The third-order valence-corrected chi connectivity index (χ3v) is 2.65. The van der Waals surface area contributed by atoms with Crippen LogP contribution in [0.3, 0.4) is 0 Å². The highest BCUT2D eigenvalue weighted by Gasteiger charge is 2.14. The molecule has 6 nitrogen and oxygen atoms in total. The maximum Gasteiger partial charge on any atom is 0.371 e. The van der Waals surface area contributed by atoms with Crippen molar-refractivity contribution in [2.24, 2.45) is 0 Å². The molecular weight excluding hydrogens is 262 g/mol. The van der Waals surface area contributed by atoms with Crippen molar-refractivity contribution in [2.75, 3.05) is 7.11 Å². The molecule has 0 aliphatic carbocycles. The van der Waals surface area contributed by atoms with Crippen LogP contribution in [0, 0.1) is 0 Å². The molecule has 0 aliphatic heterocycles. The van der Waals surface area contributed by atoms with E-state index in [0.29, 0.717) is 6.54 Å². The standard InChI is InChI=1S/C14H13NO5/c1-19-10-4-2-9(3-5-10)8-15-13(16)11-6-7-12(20-11)14(17)18/h2-7H,8H2,1H3,(H,15,16)(H,17,18). The molecule has 0 spiro atoms. The fourth-order valence-corrected chi connectivity index (χ4v) is 1.59. The van der Waals surface area contributed by atoms with Gasteiger partial charge in [-0.25, -0.2) is 4.79 Å². The predicted octanol–water partition coefficient (Wildman–Crippen LogP) is 1.92. The van der Waals surface area contributed by atoms with Gasteiger partial charge >= 0.3 is 5.97 Å². The topological polar surface area (TPSA) is 88.8 Å². The largest absolute Gasteiger partial charge is 0.497 e. The minimum Gasteiger partial charge on any atom is -0.497 e. The molecule has 0 unspecified atom stereocenters. The number of carboxylic acids is 1.